The van der Waals surface area contributed by atoms with Gasteiger partial charge in [-0.2, -0.15) is 5.10 Å². The highest BCUT2D eigenvalue weighted by molar-refractivity contribution is 5.73. The highest BCUT2D eigenvalue weighted by atomic mass is 16.4. The summed E-state index contributed by atoms with van der Waals surface area (Å²) in [5, 5.41) is 12.6. The van der Waals surface area contributed by atoms with Gasteiger partial charge in [-0.1, -0.05) is 0 Å². The number of aromatic nitrogens is 3. The Hall–Kier alpha value is -1.39. The van der Waals surface area contributed by atoms with Crippen molar-refractivity contribution in [2.24, 2.45) is 5.41 Å². The van der Waals surface area contributed by atoms with Gasteiger partial charge in [-0.05, 0) is 13.8 Å². The van der Waals surface area contributed by atoms with E-state index >= 15 is 0 Å². The molecule has 0 radical (unpaired) electrons. The minimum atomic E-state index is -0.835. The van der Waals surface area contributed by atoms with Crippen molar-refractivity contribution in [1.82, 2.24) is 14.8 Å². The number of rotatable bonds is 3. The predicted octanol–water partition coefficient (Wildman–Crippen LogP) is 0.389. The van der Waals surface area contributed by atoms with Crippen molar-refractivity contribution in [3.8, 4) is 0 Å². The maximum atomic E-state index is 10.7. The van der Waals surface area contributed by atoms with E-state index in [-0.39, 0.29) is 0 Å². The molecule has 0 aliphatic heterocycles. The van der Waals surface area contributed by atoms with Crippen LogP contribution in [0.25, 0.3) is 0 Å². The maximum absolute atomic E-state index is 10.7. The molecule has 1 N–H and O–H groups in total. The Labute approximate surface area is 70.0 Å². The van der Waals surface area contributed by atoms with Gasteiger partial charge < -0.3 is 5.11 Å². The van der Waals surface area contributed by atoms with Crippen molar-refractivity contribution in [3.05, 3.63) is 12.7 Å². The number of hydrogen-bond donors (Lipinski definition) is 1. The summed E-state index contributed by atoms with van der Waals surface area (Å²) in [5.41, 5.74) is -0.798. The molecule has 12 heavy (non-hydrogen) atoms. The van der Waals surface area contributed by atoms with Gasteiger partial charge in [0.15, 0.2) is 0 Å². The van der Waals surface area contributed by atoms with Gasteiger partial charge in [-0.15, -0.1) is 0 Å². The zero-order valence-corrected chi connectivity index (χ0v) is 7.06. The van der Waals surface area contributed by atoms with E-state index in [4.69, 9.17) is 5.11 Å². The molecule has 0 aliphatic carbocycles. The number of carboxylic acids is 1. The number of nitrogens with zero attached hydrogens (tertiary/aromatic N) is 3. The topological polar surface area (TPSA) is 68.0 Å². The molecule has 1 aromatic rings. The first kappa shape index (κ1) is 8.70. The lowest BCUT2D eigenvalue weighted by atomic mass is 9.94. The fourth-order valence-electron chi connectivity index (χ4n) is 0.787. The van der Waals surface area contributed by atoms with Crippen molar-refractivity contribution in [2.75, 3.05) is 0 Å². The standard InChI is InChI=1S/C7H11N3O2/c1-7(2,6(11)12)3-10-5-8-4-9-10/h4-5H,3H2,1-2H3,(H,11,12). The second-order valence-electron chi connectivity index (χ2n) is 3.28. The van der Waals surface area contributed by atoms with Crippen LogP contribution < -0.4 is 0 Å². The third kappa shape index (κ3) is 1.81. The van der Waals surface area contributed by atoms with Crippen molar-refractivity contribution in [2.45, 2.75) is 20.4 Å². The molecule has 0 spiro atoms. The molecule has 0 fully saturated rings. The maximum Gasteiger partial charge on any atom is 0.310 e. The summed E-state index contributed by atoms with van der Waals surface area (Å²) >= 11 is 0. The zero-order valence-electron chi connectivity index (χ0n) is 7.06. The van der Waals surface area contributed by atoms with Gasteiger partial charge in [0.1, 0.15) is 12.7 Å². The molecule has 1 heterocycles. The van der Waals surface area contributed by atoms with Crippen molar-refractivity contribution < 1.29 is 9.90 Å². The van der Waals surface area contributed by atoms with E-state index in [1.165, 1.54) is 17.3 Å². The van der Waals surface area contributed by atoms with E-state index in [1.54, 1.807) is 13.8 Å². The quantitative estimate of drug-likeness (QED) is 0.710. The normalized spacial score (nSPS) is 11.5. The van der Waals surface area contributed by atoms with Crippen LogP contribution in [0.5, 0.6) is 0 Å². The molecule has 5 nitrogen and oxygen atoms in total. The van der Waals surface area contributed by atoms with Crippen LogP contribution in [0.4, 0.5) is 0 Å². The number of hydrogen-bond acceptors (Lipinski definition) is 3. The van der Waals surface area contributed by atoms with Gasteiger partial charge in [0.25, 0.3) is 0 Å². The minimum Gasteiger partial charge on any atom is -0.481 e. The Kier molecular flexibility index (Phi) is 2.12. The Bertz CT molecular complexity index is 266. The average Bonchev–Trinajstić information content (AvgIpc) is 2.38. The van der Waals surface area contributed by atoms with Crippen LogP contribution in [0.1, 0.15) is 13.8 Å². The monoisotopic (exact) mass is 169 g/mol. The molecule has 0 aromatic carbocycles. The van der Waals surface area contributed by atoms with Gasteiger partial charge in [0, 0.05) is 0 Å². The second kappa shape index (κ2) is 2.92. The first-order valence-electron chi connectivity index (χ1n) is 3.58. The summed E-state index contributed by atoms with van der Waals surface area (Å²) in [6.45, 7) is 3.64. The van der Waals surface area contributed by atoms with Gasteiger partial charge in [0.05, 0.1) is 12.0 Å². The number of carboxylic acid groups (broad SMARTS) is 1. The van der Waals surface area contributed by atoms with E-state index < -0.39 is 11.4 Å². The minimum absolute atomic E-state index is 0.336. The second-order valence-corrected chi connectivity index (χ2v) is 3.28. The molecule has 5 heteroatoms. The summed E-state index contributed by atoms with van der Waals surface area (Å²) in [6, 6.07) is 0. The summed E-state index contributed by atoms with van der Waals surface area (Å²) < 4.78 is 1.51. The Morgan fingerprint density at radius 2 is 2.33 bits per heavy atom. The molecule has 0 saturated carbocycles. The molecule has 0 bridgehead atoms. The highest BCUT2D eigenvalue weighted by Crippen LogP contribution is 2.16. The first-order chi connectivity index (χ1) is 5.52. The Morgan fingerprint density at radius 1 is 1.67 bits per heavy atom. The van der Waals surface area contributed by atoms with Crippen LogP contribution in [-0.4, -0.2) is 25.8 Å². The largest absolute Gasteiger partial charge is 0.481 e. The summed E-state index contributed by atoms with van der Waals surface area (Å²) in [6.07, 6.45) is 2.89. The lowest BCUT2D eigenvalue weighted by molar-refractivity contribution is -0.147. The van der Waals surface area contributed by atoms with E-state index in [0.29, 0.717) is 6.54 Å². The predicted molar refractivity (Wildman–Crippen MR) is 41.4 cm³/mol. The van der Waals surface area contributed by atoms with Crippen LogP contribution in [0.3, 0.4) is 0 Å². The molecule has 0 atom stereocenters. The fourth-order valence-corrected chi connectivity index (χ4v) is 0.787. The van der Waals surface area contributed by atoms with Crippen LogP contribution in [0, 0.1) is 5.41 Å². The molecule has 0 aliphatic rings. The first-order valence-corrected chi connectivity index (χ1v) is 3.58. The molecule has 66 valence electrons. The van der Waals surface area contributed by atoms with E-state index in [0.717, 1.165) is 0 Å². The summed E-state index contributed by atoms with van der Waals surface area (Å²) in [7, 11) is 0. The summed E-state index contributed by atoms with van der Waals surface area (Å²) in [4.78, 5) is 14.4. The lowest BCUT2D eigenvalue weighted by Gasteiger charge is -2.17. The molecule has 1 aromatic heterocycles. The Balaban J connectivity index is 2.69. The van der Waals surface area contributed by atoms with Crippen LogP contribution in [-0.2, 0) is 11.3 Å². The van der Waals surface area contributed by atoms with Gasteiger partial charge in [-0.3, -0.25) is 9.48 Å². The van der Waals surface area contributed by atoms with E-state index in [1.807, 2.05) is 0 Å². The van der Waals surface area contributed by atoms with Crippen molar-refractivity contribution in [1.29, 1.82) is 0 Å². The van der Waals surface area contributed by atoms with E-state index in [2.05, 4.69) is 10.1 Å². The van der Waals surface area contributed by atoms with Crippen LogP contribution >= 0.6 is 0 Å². The summed E-state index contributed by atoms with van der Waals surface area (Å²) in [5.74, 6) is -0.835. The van der Waals surface area contributed by atoms with E-state index in [9.17, 15) is 4.79 Å². The third-order valence-corrected chi connectivity index (χ3v) is 1.60. The molecular weight excluding hydrogens is 158 g/mol. The van der Waals surface area contributed by atoms with Gasteiger partial charge >= 0.3 is 5.97 Å². The molecule has 1 rings (SSSR count). The van der Waals surface area contributed by atoms with Crippen LogP contribution in [0.2, 0.25) is 0 Å². The number of aliphatic carboxylic acids is 1. The molecule has 0 saturated heterocycles. The zero-order chi connectivity index (χ0) is 9.19. The fraction of sp³-hybridized carbons (Fsp3) is 0.571. The Morgan fingerprint density at radius 3 is 2.75 bits per heavy atom. The lowest BCUT2D eigenvalue weighted by Crippen LogP contribution is -2.29. The van der Waals surface area contributed by atoms with Crippen LogP contribution in [0.15, 0.2) is 12.7 Å². The molecular formula is C7H11N3O2. The highest BCUT2D eigenvalue weighted by Gasteiger charge is 2.27. The SMILES string of the molecule is CC(C)(Cn1cncn1)C(=O)O. The van der Waals surface area contributed by atoms with Gasteiger partial charge in [-0.25, -0.2) is 4.98 Å². The smallest absolute Gasteiger partial charge is 0.310 e. The third-order valence-electron chi connectivity index (χ3n) is 1.60. The van der Waals surface area contributed by atoms with Crippen molar-refractivity contribution in [3.63, 3.8) is 0 Å². The average molecular weight is 169 g/mol. The van der Waals surface area contributed by atoms with Gasteiger partial charge in [0.2, 0.25) is 0 Å². The van der Waals surface area contributed by atoms with Crippen molar-refractivity contribution >= 4 is 5.97 Å². The molecule has 0 unspecified atom stereocenters. The molecule has 0 amide bonds. The number of carbonyl (C=O) groups is 1.